The Labute approximate surface area is 179 Å². The van der Waals surface area contributed by atoms with Crippen molar-refractivity contribution in [1.29, 1.82) is 0 Å². The molecule has 14 heteroatoms. The summed E-state index contributed by atoms with van der Waals surface area (Å²) >= 11 is 0. The van der Waals surface area contributed by atoms with Gasteiger partial charge in [0.15, 0.2) is 17.2 Å². The minimum absolute atomic E-state index is 0.0112. The standard InChI is InChI=1S/C19H13F4N7O3/c20-11-4-1-9(19(21,22)23)6-13(11)33-18-27-14-8(5-12-15(31)28-17(32)26-12)7-24-30(14)16(29-18)25-10-2-3-10/h1,4-7,10,31H,2-3H2,(H2,26,28,32). The van der Waals surface area contributed by atoms with Crippen molar-refractivity contribution < 1.29 is 27.4 Å². The molecule has 0 atom stereocenters. The number of benzene rings is 1. The lowest BCUT2D eigenvalue weighted by Crippen LogP contribution is -2.23. The molecule has 1 saturated carbocycles. The van der Waals surface area contributed by atoms with E-state index in [2.05, 4.69) is 30.0 Å². The summed E-state index contributed by atoms with van der Waals surface area (Å²) in [4.78, 5) is 28.5. The number of H-pyrrole nitrogens is 2. The fourth-order valence-electron chi connectivity index (χ4n) is 2.96. The van der Waals surface area contributed by atoms with Gasteiger partial charge in [0.25, 0.3) is 5.62 Å². The summed E-state index contributed by atoms with van der Waals surface area (Å²) in [5, 5.41) is 14.2. The van der Waals surface area contributed by atoms with Crippen LogP contribution in [-0.2, 0) is 6.18 Å². The van der Waals surface area contributed by atoms with Crippen molar-refractivity contribution in [2.75, 3.05) is 0 Å². The van der Waals surface area contributed by atoms with Crippen LogP contribution in [-0.4, -0.2) is 40.7 Å². The number of hydrogen-bond acceptors (Lipinski definition) is 7. The molecule has 0 spiro atoms. The Hall–Kier alpha value is -4.23. The molecular weight excluding hydrogens is 450 g/mol. The third-order valence-electron chi connectivity index (χ3n) is 4.70. The molecule has 1 aliphatic carbocycles. The number of halogens is 4. The highest BCUT2D eigenvalue weighted by Gasteiger charge is 2.31. The topological polar surface area (TPSA) is 134 Å². The zero-order valence-corrected chi connectivity index (χ0v) is 16.4. The van der Waals surface area contributed by atoms with Gasteiger partial charge in [-0.25, -0.2) is 14.2 Å². The summed E-state index contributed by atoms with van der Waals surface area (Å²) in [6.07, 6.45) is -0.342. The molecule has 0 radical (unpaired) electrons. The number of aromatic hydroxyl groups is 1. The first kappa shape index (κ1) is 20.7. The fraction of sp³-hybridized carbons (Fsp3) is 0.211. The fourth-order valence-corrected chi connectivity index (χ4v) is 2.96. The van der Waals surface area contributed by atoms with Gasteiger partial charge in [-0.15, -0.1) is 0 Å². The number of fused-ring (bicyclic) bond motifs is 1. The van der Waals surface area contributed by atoms with Crippen molar-refractivity contribution in [3.63, 3.8) is 0 Å². The van der Waals surface area contributed by atoms with E-state index in [1.165, 1.54) is 16.8 Å². The van der Waals surface area contributed by atoms with Gasteiger partial charge in [-0.05, 0) is 37.1 Å². The minimum atomic E-state index is -4.70. The second-order valence-corrected chi connectivity index (χ2v) is 7.23. The lowest BCUT2D eigenvalue weighted by molar-refractivity contribution is -0.137. The first-order valence-electron chi connectivity index (χ1n) is 9.54. The van der Waals surface area contributed by atoms with Crippen LogP contribution in [0.1, 0.15) is 24.1 Å². The van der Waals surface area contributed by atoms with Gasteiger partial charge >= 0.3 is 17.9 Å². The Bertz CT molecular complexity index is 1550. The van der Waals surface area contributed by atoms with E-state index in [1.807, 2.05) is 0 Å². The predicted molar refractivity (Wildman–Crippen MR) is 103 cm³/mol. The maximum atomic E-state index is 14.2. The number of nitrogens with zero attached hydrogens (tertiary/aromatic N) is 5. The molecule has 3 heterocycles. The Morgan fingerprint density at radius 3 is 2.70 bits per heavy atom. The molecule has 0 saturated heterocycles. The second kappa shape index (κ2) is 7.43. The van der Waals surface area contributed by atoms with Gasteiger partial charge in [0.05, 0.1) is 17.8 Å². The van der Waals surface area contributed by atoms with Crippen molar-refractivity contribution in [2.24, 2.45) is 4.99 Å². The number of ether oxygens (including phenoxy) is 1. The lowest BCUT2D eigenvalue weighted by atomic mass is 10.2. The van der Waals surface area contributed by atoms with E-state index >= 15 is 0 Å². The molecule has 1 aliphatic rings. The molecule has 1 aromatic carbocycles. The molecule has 0 amide bonds. The highest BCUT2D eigenvalue weighted by Crippen LogP contribution is 2.33. The number of aromatic amines is 2. The van der Waals surface area contributed by atoms with Gasteiger partial charge < -0.3 is 14.8 Å². The Morgan fingerprint density at radius 2 is 2.03 bits per heavy atom. The molecular formula is C19H13F4N7O3. The van der Waals surface area contributed by atoms with Crippen molar-refractivity contribution in [3.8, 4) is 17.6 Å². The Kier molecular flexibility index (Phi) is 4.65. The largest absolute Gasteiger partial charge is 0.493 e. The lowest BCUT2D eigenvalue weighted by Gasteiger charge is -2.10. The maximum absolute atomic E-state index is 14.2. The van der Waals surface area contributed by atoms with Crippen LogP contribution >= 0.6 is 0 Å². The summed E-state index contributed by atoms with van der Waals surface area (Å²) in [6.45, 7) is 0. The summed E-state index contributed by atoms with van der Waals surface area (Å²) in [7, 11) is 0. The molecule has 5 rings (SSSR count). The molecule has 3 N–H and O–H groups in total. The molecule has 0 aliphatic heterocycles. The van der Waals surface area contributed by atoms with Crippen LogP contribution in [0.5, 0.6) is 17.6 Å². The zero-order chi connectivity index (χ0) is 23.3. The van der Waals surface area contributed by atoms with E-state index in [1.54, 1.807) is 0 Å². The Balaban J connectivity index is 1.66. The normalized spacial score (nSPS) is 15.5. The van der Waals surface area contributed by atoms with E-state index in [0.29, 0.717) is 23.4 Å². The SMILES string of the molecule is O=c1[nH]c(O)c(C=c2cnn3c(=NC4CC4)nc(Oc4cc(C(F)(F)F)ccc4F)nc23)[nH]1. The third kappa shape index (κ3) is 4.14. The smallest absolute Gasteiger partial charge is 0.416 e. The number of aromatic nitrogens is 6. The van der Waals surface area contributed by atoms with E-state index in [-0.39, 0.29) is 23.0 Å². The number of rotatable bonds is 4. The maximum Gasteiger partial charge on any atom is 0.416 e. The molecule has 3 aromatic heterocycles. The molecule has 1 fully saturated rings. The first-order chi connectivity index (χ1) is 15.7. The van der Waals surface area contributed by atoms with E-state index in [9.17, 15) is 27.5 Å². The summed E-state index contributed by atoms with van der Waals surface area (Å²) in [5.74, 6) is -2.18. The van der Waals surface area contributed by atoms with Crippen LogP contribution in [0, 0.1) is 5.82 Å². The van der Waals surface area contributed by atoms with Crippen LogP contribution in [0.25, 0.3) is 11.7 Å². The van der Waals surface area contributed by atoms with Crippen LogP contribution in [0.3, 0.4) is 0 Å². The van der Waals surface area contributed by atoms with Gasteiger partial charge in [-0.2, -0.15) is 32.8 Å². The molecule has 0 unspecified atom stereocenters. The summed E-state index contributed by atoms with van der Waals surface area (Å²) < 4.78 is 59.8. The second-order valence-electron chi connectivity index (χ2n) is 7.23. The summed E-state index contributed by atoms with van der Waals surface area (Å²) in [5.41, 5.74) is -1.54. The van der Waals surface area contributed by atoms with Gasteiger partial charge in [-0.1, -0.05) is 0 Å². The predicted octanol–water partition coefficient (Wildman–Crippen LogP) is 1.41. The molecule has 33 heavy (non-hydrogen) atoms. The number of hydrogen-bond donors (Lipinski definition) is 3. The third-order valence-corrected chi connectivity index (χ3v) is 4.70. The van der Waals surface area contributed by atoms with Crippen molar-refractivity contribution in [1.82, 2.24) is 29.5 Å². The highest BCUT2D eigenvalue weighted by molar-refractivity contribution is 5.56. The van der Waals surface area contributed by atoms with Crippen molar-refractivity contribution in [2.45, 2.75) is 25.1 Å². The van der Waals surface area contributed by atoms with Crippen LogP contribution in [0.15, 0.2) is 34.2 Å². The summed E-state index contributed by atoms with van der Waals surface area (Å²) in [6, 6.07) is 1.26. The minimum Gasteiger partial charge on any atom is -0.493 e. The van der Waals surface area contributed by atoms with E-state index in [0.717, 1.165) is 12.8 Å². The van der Waals surface area contributed by atoms with Crippen LogP contribution in [0.2, 0.25) is 0 Å². The molecule has 170 valence electrons. The average Bonchev–Trinajstić information content (AvgIpc) is 3.37. The van der Waals surface area contributed by atoms with Crippen molar-refractivity contribution >= 4 is 11.7 Å². The first-order valence-corrected chi connectivity index (χ1v) is 9.54. The van der Waals surface area contributed by atoms with Gasteiger partial charge in [-0.3, -0.25) is 4.98 Å². The van der Waals surface area contributed by atoms with Gasteiger partial charge in [0, 0.05) is 5.22 Å². The Morgan fingerprint density at radius 1 is 1.24 bits per heavy atom. The number of imidazole rings is 1. The number of alkyl halides is 3. The molecule has 10 nitrogen and oxygen atoms in total. The van der Waals surface area contributed by atoms with Gasteiger partial charge in [0.2, 0.25) is 5.88 Å². The molecule has 4 aromatic rings. The zero-order valence-electron chi connectivity index (χ0n) is 16.4. The number of nitrogens with one attached hydrogen (secondary N) is 2. The van der Waals surface area contributed by atoms with E-state index < -0.39 is 40.9 Å². The quantitative estimate of drug-likeness (QED) is 0.392. The molecule has 0 bridgehead atoms. The van der Waals surface area contributed by atoms with Crippen LogP contribution < -0.4 is 21.3 Å². The van der Waals surface area contributed by atoms with Gasteiger partial charge in [0.1, 0.15) is 5.69 Å². The van der Waals surface area contributed by atoms with Crippen molar-refractivity contribution in [3.05, 3.63) is 62.8 Å². The monoisotopic (exact) mass is 463 g/mol. The van der Waals surface area contributed by atoms with E-state index in [4.69, 9.17) is 4.74 Å². The van der Waals surface area contributed by atoms with Crippen LogP contribution in [0.4, 0.5) is 17.6 Å². The highest BCUT2D eigenvalue weighted by atomic mass is 19.4. The average molecular weight is 463 g/mol.